The SMILES string of the molecule is CC.CCN1CCOC(C(C)(C)N)C1. The van der Waals surface area contributed by atoms with Crippen LogP contribution in [0.25, 0.3) is 0 Å². The molecule has 0 amide bonds. The van der Waals surface area contributed by atoms with E-state index in [2.05, 4.69) is 11.8 Å². The topological polar surface area (TPSA) is 38.5 Å². The minimum absolute atomic E-state index is 0.186. The van der Waals surface area contributed by atoms with E-state index in [1.54, 1.807) is 0 Å². The standard InChI is InChI=1S/C9H20N2O.C2H6/c1-4-11-5-6-12-8(7-11)9(2,3)10;1-2/h8H,4-7,10H2,1-3H3;1-2H3. The lowest BCUT2D eigenvalue weighted by molar-refractivity contribution is -0.0572. The second-order valence-electron chi connectivity index (χ2n) is 4.07. The predicted molar refractivity (Wildman–Crippen MR) is 61.5 cm³/mol. The predicted octanol–water partition coefficient (Wildman–Crippen LogP) is 1.47. The molecule has 0 bridgehead atoms. The van der Waals surface area contributed by atoms with Crippen LogP contribution in [0.3, 0.4) is 0 Å². The maximum absolute atomic E-state index is 5.98. The average molecular weight is 202 g/mol. The van der Waals surface area contributed by atoms with Crippen LogP contribution in [-0.2, 0) is 4.74 Å². The van der Waals surface area contributed by atoms with Crippen LogP contribution in [0.2, 0.25) is 0 Å². The minimum atomic E-state index is -0.214. The Bertz CT molecular complexity index is 143. The van der Waals surface area contributed by atoms with Crippen LogP contribution in [0.1, 0.15) is 34.6 Å². The smallest absolute Gasteiger partial charge is 0.0876 e. The fourth-order valence-corrected chi connectivity index (χ4v) is 1.44. The molecule has 1 fully saturated rings. The lowest BCUT2D eigenvalue weighted by atomic mass is 9.97. The maximum atomic E-state index is 5.98. The van der Waals surface area contributed by atoms with Gasteiger partial charge in [-0.05, 0) is 20.4 Å². The molecule has 14 heavy (non-hydrogen) atoms. The molecule has 1 atom stereocenters. The molecule has 3 nitrogen and oxygen atoms in total. The van der Waals surface area contributed by atoms with Gasteiger partial charge in [-0.2, -0.15) is 0 Å². The lowest BCUT2D eigenvalue weighted by Gasteiger charge is -2.38. The molecule has 1 saturated heterocycles. The molecule has 0 saturated carbocycles. The van der Waals surface area contributed by atoms with Gasteiger partial charge < -0.3 is 10.5 Å². The van der Waals surface area contributed by atoms with Crippen LogP contribution in [0.5, 0.6) is 0 Å². The Morgan fingerprint density at radius 2 is 2.00 bits per heavy atom. The van der Waals surface area contributed by atoms with E-state index in [1.165, 1.54) is 0 Å². The molecule has 1 heterocycles. The highest BCUT2D eigenvalue weighted by Crippen LogP contribution is 2.14. The van der Waals surface area contributed by atoms with Gasteiger partial charge in [0, 0.05) is 18.6 Å². The monoisotopic (exact) mass is 202 g/mol. The van der Waals surface area contributed by atoms with E-state index in [0.717, 1.165) is 26.2 Å². The van der Waals surface area contributed by atoms with E-state index in [-0.39, 0.29) is 11.6 Å². The number of morpholine rings is 1. The summed E-state index contributed by atoms with van der Waals surface area (Å²) in [5.41, 5.74) is 5.76. The quantitative estimate of drug-likeness (QED) is 0.737. The molecule has 1 aliphatic heterocycles. The summed E-state index contributed by atoms with van der Waals surface area (Å²) in [6.45, 7) is 14.2. The molecular formula is C11H26N2O. The van der Waals surface area contributed by atoms with Gasteiger partial charge in [0.2, 0.25) is 0 Å². The Morgan fingerprint density at radius 3 is 2.43 bits per heavy atom. The Kier molecular flexibility index (Phi) is 6.33. The van der Waals surface area contributed by atoms with E-state index in [0.29, 0.717) is 0 Å². The molecule has 0 aromatic carbocycles. The van der Waals surface area contributed by atoms with Gasteiger partial charge in [0.05, 0.1) is 12.7 Å². The van der Waals surface area contributed by atoms with Gasteiger partial charge >= 0.3 is 0 Å². The first-order valence-corrected chi connectivity index (χ1v) is 5.67. The third kappa shape index (κ3) is 4.40. The van der Waals surface area contributed by atoms with Gasteiger partial charge in [0.25, 0.3) is 0 Å². The van der Waals surface area contributed by atoms with Crippen molar-refractivity contribution >= 4 is 0 Å². The number of hydrogen-bond acceptors (Lipinski definition) is 3. The van der Waals surface area contributed by atoms with Crippen molar-refractivity contribution in [2.45, 2.75) is 46.3 Å². The molecule has 0 aromatic heterocycles. The number of hydrogen-bond donors (Lipinski definition) is 1. The molecule has 0 aromatic rings. The summed E-state index contributed by atoms with van der Waals surface area (Å²) in [5.74, 6) is 0. The largest absolute Gasteiger partial charge is 0.374 e. The van der Waals surface area contributed by atoms with Crippen molar-refractivity contribution in [1.82, 2.24) is 4.90 Å². The molecule has 3 heteroatoms. The maximum Gasteiger partial charge on any atom is 0.0876 e. The van der Waals surface area contributed by atoms with Gasteiger partial charge in [-0.25, -0.2) is 0 Å². The zero-order valence-corrected chi connectivity index (χ0v) is 10.3. The molecule has 0 aliphatic carbocycles. The van der Waals surface area contributed by atoms with Crippen molar-refractivity contribution in [3.05, 3.63) is 0 Å². The van der Waals surface area contributed by atoms with Crippen LogP contribution in [0, 0.1) is 0 Å². The second-order valence-corrected chi connectivity index (χ2v) is 4.07. The Hall–Kier alpha value is -0.120. The number of nitrogens with zero attached hydrogens (tertiary/aromatic N) is 1. The molecule has 2 N–H and O–H groups in total. The number of rotatable bonds is 2. The van der Waals surface area contributed by atoms with Gasteiger partial charge in [-0.3, -0.25) is 4.90 Å². The fraction of sp³-hybridized carbons (Fsp3) is 1.00. The highest BCUT2D eigenvalue weighted by Gasteiger charge is 2.30. The van der Waals surface area contributed by atoms with E-state index in [1.807, 2.05) is 27.7 Å². The van der Waals surface area contributed by atoms with Crippen molar-refractivity contribution in [3.8, 4) is 0 Å². The Balaban J connectivity index is 0.000000791. The molecule has 0 spiro atoms. The van der Waals surface area contributed by atoms with Crippen molar-refractivity contribution in [3.63, 3.8) is 0 Å². The van der Waals surface area contributed by atoms with Gasteiger partial charge in [-0.15, -0.1) is 0 Å². The molecule has 1 aliphatic rings. The van der Waals surface area contributed by atoms with Gasteiger partial charge in [0.1, 0.15) is 0 Å². The normalized spacial score (nSPS) is 24.0. The fourth-order valence-electron chi connectivity index (χ4n) is 1.44. The van der Waals surface area contributed by atoms with Gasteiger partial charge in [0.15, 0.2) is 0 Å². The average Bonchev–Trinajstić information content (AvgIpc) is 2.20. The molecule has 0 radical (unpaired) electrons. The zero-order chi connectivity index (χ0) is 11.2. The molecule has 1 rings (SSSR count). The van der Waals surface area contributed by atoms with Crippen LogP contribution >= 0.6 is 0 Å². The highest BCUT2D eigenvalue weighted by molar-refractivity contribution is 4.87. The molecular weight excluding hydrogens is 176 g/mol. The summed E-state index contributed by atoms with van der Waals surface area (Å²) in [6.07, 6.45) is 0.186. The van der Waals surface area contributed by atoms with Crippen LogP contribution in [0.15, 0.2) is 0 Å². The number of ether oxygens (including phenoxy) is 1. The van der Waals surface area contributed by atoms with E-state index < -0.39 is 0 Å². The van der Waals surface area contributed by atoms with Crippen molar-refractivity contribution < 1.29 is 4.74 Å². The third-order valence-corrected chi connectivity index (χ3v) is 2.43. The zero-order valence-electron chi connectivity index (χ0n) is 10.3. The van der Waals surface area contributed by atoms with E-state index in [4.69, 9.17) is 10.5 Å². The first kappa shape index (κ1) is 13.9. The first-order chi connectivity index (χ1) is 6.54. The number of likely N-dealkylation sites (N-methyl/N-ethyl adjacent to an activating group) is 1. The summed E-state index contributed by atoms with van der Waals surface area (Å²) in [4.78, 5) is 2.38. The van der Waals surface area contributed by atoms with Crippen molar-refractivity contribution in [2.75, 3.05) is 26.2 Å². The summed E-state index contributed by atoms with van der Waals surface area (Å²) in [7, 11) is 0. The van der Waals surface area contributed by atoms with Crippen LogP contribution in [0.4, 0.5) is 0 Å². The molecule has 86 valence electrons. The summed E-state index contributed by atoms with van der Waals surface area (Å²) >= 11 is 0. The minimum Gasteiger partial charge on any atom is -0.374 e. The van der Waals surface area contributed by atoms with Gasteiger partial charge in [-0.1, -0.05) is 20.8 Å². The summed E-state index contributed by atoms with van der Waals surface area (Å²) in [6, 6.07) is 0. The highest BCUT2D eigenvalue weighted by atomic mass is 16.5. The second kappa shape index (κ2) is 6.38. The van der Waals surface area contributed by atoms with E-state index in [9.17, 15) is 0 Å². The first-order valence-electron chi connectivity index (χ1n) is 5.67. The lowest BCUT2D eigenvalue weighted by Crippen LogP contribution is -2.56. The summed E-state index contributed by atoms with van der Waals surface area (Å²) < 4.78 is 5.61. The van der Waals surface area contributed by atoms with Crippen molar-refractivity contribution in [1.29, 1.82) is 0 Å². The third-order valence-electron chi connectivity index (χ3n) is 2.43. The van der Waals surface area contributed by atoms with E-state index >= 15 is 0 Å². The Morgan fingerprint density at radius 1 is 1.43 bits per heavy atom. The van der Waals surface area contributed by atoms with Crippen LogP contribution in [-0.4, -0.2) is 42.8 Å². The molecule has 1 unspecified atom stereocenters. The Labute approximate surface area is 88.6 Å². The van der Waals surface area contributed by atoms with Crippen molar-refractivity contribution in [2.24, 2.45) is 5.73 Å². The number of nitrogens with two attached hydrogens (primary N) is 1. The summed E-state index contributed by atoms with van der Waals surface area (Å²) in [5, 5.41) is 0. The van der Waals surface area contributed by atoms with Crippen LogP contribution < -0.4 is 5.73 Å².